The lowest BCUT2D eigenvalue weighted by Crippen LogP contribution is -2.47. The number of methoxy groups -OCH3 is 1. The van der Waals surface area contributed by atoms with Crippen LogP contribution in [0.15, 0.2) is 52.3 Å². The maximum atomic E-state index is 14.9. The van der Waals surface area contributed by atoms with E-state index < -0.39 is 101 Å². The third-order valence-corrected chi connectivity index (χ3v) is 14.3. The first-order valence-corrected chi connectivity index (χ1v) is 24.2. The number of aliphatic hydroxyl groups is 2. The van der Waals surface area contributed by atoms with Gasteiger partial charge in [-0.15, -0.1) is 5.10 Å². The Morgan fingerprint density at radius 3 is 2.31 bits per heavy atom. The summed E-state index contributed by atoms with van der Waals surface area (Å²) < 4.78 is 25.7. The number of nitrogens with zero attached hydrogens (tertiary/aromatic N) is 6. The summed E-state index contributed by atoms with van der Waals surface area (Å²) >= 11 is 0. The lowest BCUT2D eigenvalue weighted by atomic mass is 9.78. The lowest BCUT2D eigenvalue weighted by molar-refractivity contribution is -0.164. The number of hydrogen-bond donors (Lipinski definition) is 6. The van der Waals surface area contributed by atoms with Crippen molar-refractivity contribution in [1.82, 2.24) is 19.9 Å². The number of aryl methyl sites for hydroxylation is 1. The van der Waals surface area contributed by atoms with E-state index in [0.717, 1.165) is 6.54 Å². The number of amides is 1. The minimum absolute atomic E-state index is 0.00203. The third kappa shape index (κ3) is 10.6. The largest absolute Gasteiger partial charge is 0.507 e. The van der Waals surface area contributed by atoms with E-state index in [0.29, 0.717) is 37.5 Å². The molecular weight excluding hydrogens is 919 g/mol. The van der Waals surface area contributed by atoms with Crippen molar-refractivity contribution in [3.8, 4) is 17.2 Å². The number of aromatic nitrogens is 3. The normalized spacial score (nSPS) is 29.7. The van der Waals surface area contributed by atoms with Crippen molar-refractivity contribution in [2.24, 2.45) is 39.6 Å². The van der Waals surface area contributed by atoms with Crippen LogP contribution < -0.4 is 20.8 Å². The summed E-state index contributed by atoms with van der Waals surface area (Å²) in [5.74, 6) is -8.40. The summed E-state index contributed by atoms with van der Waals surface area (Å²) in [6.45, 7) is 17.5. The standard InChI is InChI=1S/C51H67N7O13/c1-25(2)22-57-19-17-51(18-20-57)53-39-36-37-44(64)31(8)47-38(36)48(66)50(9,71-47)69-21-16-33(68-10)28(5)46(70-35(61)24-58-23-32(55-56-58)14-15-34(59)60)30(7)43(63)29(6)42(62)26(3)12-11-13-27(4)49(67)52-41(45(37)65)40(39)54-51/h11-13,16,21,23,25-26,28-30,33,42-43,46,62-65H,14-15,17-20,22,24H2,1-10H3,(H,52,67)(H,59,60)/b12-11+,21-16+,27-13-/t26-,28+,29+,30+,33-,42-,43+,46+,50-/m0/s1. The summed E-state index contributed by atoms with van der Waals surface area (Å²) in [5, 5.41) is 67.8. The monoisotopic (exact) mass is 985 g/mol. The van der Waals surface area contributed by atoms with Crippen LogP contribution in [0.3, 0.4) is 0 Å². The van der Waals surface area contributed by atoms with Crippen molar-refractivity contribution in [3.05, 3.63) is 69.9 Å². The number of aliphatic carboxylic acids is 1. The van der Waals surface area contributed by atoms with E-state index in [4.69, 9.17) is 34.0 Å². The Morgan fingerprint density at radius 1 is 0.958 bits per heavy atom. The Kier molecular flexibility index (Phi) is 15.5. The number of piperidine rings is 1. The minimum atomic E-state index is -2.03. The van der Waals surface area contributed by atoms with Gasteiger partial charge in [-0.05, 0) is 25.8 Å². The third-order valence-electron chi connectivity index (χ3n) is 14.3. The number of aliphatic hydroxyl groups excluding tert-OH is 2. The van der Waals surface area contributed by atoms with Crippen molar-refractivity contribution < 1.29 is 63.7 Å². The number of phenolic OH excluding ortho intramolecular Hbond substituents is 2. The molecule has 1 aromatic heterocycles. The molecule has 5 aliphatic rings. The van der Waals surface area contributed by atoms with E-state index in [9.17, 15) is 39.6 Å². The maximum Gasteiger partial charge on any atom is 0.328 e. The summed E-state index contributed by atoms with van der Waals surface area (Å²) in [4.78, 5) is 66.3. The molecule has 1 amide bonds. The van der Waals surface area contributed by atoms with Gasteiger partial charge in [0.1, 0.15) is 35.2 Å². The van der Waals surface area contributed by atoms with Crippen LogP contribution in [0, 0.1) is 36.5 Å². The number of ketones is 1. The number of hydrogen-bond acceptors (Lipinski definition) is 17. The molecule has 384 valence electrons. The molecule has 5 bridgehead atoms. The number of esters is 1. The number of phenols is 2. The quantitative estimate of drug-likeness (QED) is 0.130. The number of fused-ring (bicyclic) bond motifs is 13. The summed E-state index contributed by atoms with van der Waals surface area (Å²) in [6.07, 6.45) is 5.65. The number of aromatic hydroxyl groups is 2. The van der Waals surface area contributed by atoms with Crippen molar-refractivity contribution in [2.45, 2.75) is 130 Å². The second kappa shape index (κ2) is 20.9. The number of Topliss-reactive ketones (excluding diaryl/α,β-unsaturated/α-hetero) is 1. The van der Waals surface area contributed by atoms with Gasteiger partial charge >= 0.3 is 17.7 Å². The molecule has 71 heavy (non-hydrogen) atoms. The molecule has 0 unspecified atom stereocenters. The van der Waals surface area contributed by atoms with Gasteiger partial charge < -0.3 is 54.7 Å². The number of ether oxygens (including phenoxy) is 4. The number of carbonyl (C=O) groups excluding carboxylic acids is 3. The number of rotatable bonds is 9. The van der Waals surface area contributed by atoms with Gasteiger partial charge in [0.25, 0.3) is 11.7 Å². The summed E-state index contributed by atoms with van der Waals surface area (Å²) in [7, 11) is 1.43. The van der Waals surface area contributed by atoms with Gasteiger partial charge in [-0.2, -0.15) is 0 Å². The van der Waals surface area contributed by atoms with Crippen LogP contribution in [0.1, 0.15) is 96.3 Å². The number of carboxylic acids is 1. The van der Waals surface area contributed by atoms with Gasteiger partial charge in [0.15, 0.2) is 11.4 Å². The van der Waals surface area contributed by atoms with E-state index in [1.165, 1.54) is 50.3 Å². The number of carbonyl (C=O) groups is 4. The van der Waals surface area contributed by atoms with Crippen molar-refractivity contribution in [2.75, 3.05) is 32.1 Å². The molecule has 1 spiro atoms. The van der Waals surface area contributed by atoms with E-state index in [-0.39, 0.29) is 62.5 Å². The van der Waals surface area contributed by atoms with Gasteiger partial charge in [0, 0.05) is 99.3 Å². The fraction of sp³-hybridized carbons (Fsp3) is 0.569. The number of carboxylic acid groups (broad SMARTS) is 1. The first-order valence-electron chi connectivity index (χ1n) is 24.2. The Hall–Kier alpha value is -6.22. The minimum Gasteiger partial charge on any atom is -0.507 e. The molecule has 1 fully saturated rings. The highest BCUT2D eigenvalue weighted by atomic mass is 16.7. The molecule has 6 N–H and O–H groups in total. The first kappa shape index (κ1) is 52.6. The molecule has 20 nitrogen and oxygen atoms in total. The molecule has 0 saturated carbocycles. The van der Waals surface area contributed by atoms with E-state index >= 15 is 0 Å². The van der Waals surface area contributed by atoms with Gasteiger partial charge in [-0.3, -0.25) is 29.2 Å². The smallest absolute Gasteiger partial charge is 0.328 e. The Labute approximate surface area is 411 Å². The van der Waals surface area contributed by atoms with Crippen LogP contribution in [-0.2, 0) is 41.6 Å². The number of anilines is 1. The van der Waals surface area contributed by atoms with Crippen LogP contribution in [0.4, 0.5) is 5.69 Å². The molecule has 5 aliphatic heterocycles. The van der Waals surface area contributed by atoms with Crippen LogP contribution in [-0.4, -0.2) is 132 Å². The number of allylic oxidation sites excluding steroid dienone is 2. The molecule has 0 radical (unpaired) electrons. The lowest BCUT2D eigenvalue weighted by Gasteiger charge is -2.38. The second-order valence-electron chi connectivity index (χ2n) is 20.1. The van der Waals surface area contributed by atoms with Gasteiger partial charge in [-0.25, -0.2) is 4.68 Å². The molecule has 20 heteroatoms. The molecule has 8 rings (SSSR count). The highest BCUT2D eigenvalue weighted by Crippen LogP contribution is 2.50. The van der Waals surface area contributed by atoms with Crippen LogP contribution in [0.5, 0.6) is 17.2 Å². The fourth-order valence-electron chi connectivity index (χ4n) is 10.1. The van der Waals surface area contributed by atoms with Crippen molar-refractivity contribution in [3.63, 3.8) is 0 Å². The Morgan fingerprint density at radius 2 is 1.65 bits per heavy atom. The van der Waals surface area contributed by atoms with Gasteiger partial charge in [0.2, 0.25) is 0 Å². The van der Waals surface area contributed by atoms with E-state index in [1.54, 1.807) is 46.8 Å². The highest BCUT2D eigenvalue weighted by Gasteiger charge is 2.50. The molecular formula is C51H67N7O13. The topological polar surface area (TPSA) is 277 Å². The van der Waals surface area contributed by atoms with E-state index in [2.05, 4.69) is 34.4 Å². The van der Waals surface area contributed by atoms with Crippen LogP contribution in [0.2, 0.25) is 0 Å². The Balaban J connectivity index is 1.31. The zero-order valence-corrected chi connectivity index (χ0v) is 42.0. The predicted molar refractivity (Wildman–Crippen MR) is 258 cm³/mol. The average molecular weight is 986 g/mol. The molecule has 3 aromatic rings. The van der Waals surface area contributed by atoms with Crippen molar-refractivity contribution in [1.29, 1.82) is 0 Å². The number of nitrogens with one attached hydrogen (secondary N) is 1. The molecule has 9 atom stereocenters. The number of benzene rings is 2. The zero-order chi connectivity index (χ0) is 51.9. The van der Waals surface area contributed by atoms with Gasteiger partial charge in [0.05, 0.1) is 53.0 Å². The van der Waals surface area contributed by atoms with Crippen molar-refractivity contribution >= 4 is 40.1 Å². The summed E-state index contributed by atoms with van der Waals surface area (Å²) in [5.41, 5.74) is -0.374. The Bertz CT molecular complexity index is 2800. The molecule has 2 aromatic carbocycles. The molecule has 1 saturated heterocycles. The molecule has 0 aliphatic carbocycles. The highest BCUT2D eigenvalue weighted by molar-refractivity contribution is 6.19. The summed E-state index contributed by atoms with van der Waals surface area (Å²) in [6, 6.07) is 0. The van der Waals surface area contributed by atoms with Crippen LogP contribution in [0.25, 0.3) is 10.8 Å². The fourth-order valence-corrected chi connectivity index (χ4v) is 10.1. The first-order chi connectivity index (χ1) is 33.5. The predicted octanol–water partition coefficient (Wildman–Crippen LogP) is 4.04. The SMILES string of the molecule is CO[C@H]1/C=C/O[C@@]2(C)Oc3c(C)c(O)c4c(O)c(c5c(c4c3C2=O)=NC2(CCN(CC(C)C)CC2)N=5)NC(=O)/C(C)=C\C=C\[C@H](C)[C@H](O)[C@@H](C)[C@@H](O)[C@@H](C)[C@H](OC(=O)Cn2cc(CCC(=O)O)nn2)[C@@H]1C. The number of likely N-dealkylation sites (tertiary alicyclic amines) is 1. The van der Waals surface area contributed by atoms with Gasteiger partial charge in [-0.1, -0.05) is 65.0 Å². The zero-order valence-electron chi connectivity index (χ0n) is 42.0. The second-order valence-corrected chi connectivity index (χ2v) is 20.1. The molecule has 6 heterocycles. The average Bonchev–Trinajstić information content (AvgIpc) is 4.01. The van der Waals surface area contributed by atoms with Crippen LogP contribution >= 0.6 is 0 Å². The maximum absolute atomic E-state index is 14.9. The van der Waals surface area contributed by atoms with E-state index in [1.807, 2.05) is 0 Å².